The minimum Gasteiger partial charge on any atom is -0.0801 e. The fraction of sp³-hybridized carbons (Fsp3) is 0.0769. The molecule has 0 fully saturated rings. The van der Waals surface area contributed by atoms with Crippen molar-refractivity contribution >= 4 is 11.1 Å². The van der Waals surface area contributed by atoms with E-state index >= 15 is 0 Å². The summed E-state index contributed by atoms with van der Waals surface area (Å²) >= 11 is 0. The molecule has 0 N–H and O–H groups in total. The lowest BCUT2D eigenvalue weighted by molar-refractivity contribution is 1.40. The smallest absolute Gasteiger partial charge is 0.0157 e. The van der Waals surface area contributed by atoms with Crippen LogP contribution in [0.4, 0.5) is 0 Å². The molecule has 0 aliphatic heterocycles. The van der Waals surface area contributed by atoms with Gasteiger partial charge in [0.15, 0.2) is 0 Å². The van der Waals surface area contributed by atoms with Crippen LogP contribution in [0.3, 0.4) is 0 Å². The fourth-order valence-electron chi connectivity index (χ4n) is 2.84. The van der Waals surface area contributed by atoms with E-state index in [0.717, 1.165) is 6.42 Å². The molecule has 0 amide bonds. The average molecular weight is 336 g/mol. The molecular formula is C26H24. The molecule has 3 aromatic rings. The summed E-state index contributed by atoms with van der Waals surface area (Å²) in [5.74, 6) is 0. The van der Waals surface area contributed by atoms with Crippen molar-refractivity contribution in [3.05, 3.63) is 132 Å². The topological polar surface area (TPSA) is 0 Å². The Morgan fingerprint density at radius 2 is 1.08 bits per heavy atom. The van der Waals surface area contributed by atoms with Gasteiger partial charge in [-0.05, 0) is 41.7 Å². The van der Waals surface area contributed by atoms with Gasteiger partial charge in [0.25, 0.3) is 0 Å². The van der Waals surface area contributed by atoms with Crippen molar-refractivity contribution < 1.29 is 0 Å². The molecule has 0 heteroatoms. The first-order valence-corrected chi connectivity index (χ1v) is 9.04. The minimum absolute atomic E-state index is 0.983. The van der Waals surface area contributed by atoms with Crippen molar-refractivity contribution in [2.75, 3.05) is 0 Å². The standard InChI is InChI=1S/C19H16.C7H8/c1-3-9-16(10-4-1)18-13-7-8-14-19(15-18)17-11-5-2-6-12-17;1-7-5-3-2-4-6-7/h1-7,9-15H,8H2;2-6H,1H3. The predicted octanol–water partition coefficient (Wildman–Crippen LogP) is 7.11. The van der Waals surface area contributed by atoms with Crippen molar-refractivity contribution in [3.8, 4) is 0 Å². The zero-order valence-electron chi connectivity index (χ0n) is 15.2. The van der Waals surface area contributed by atoms with Crippen LogP contribution in [0.5, 0.6) is 0 Å². The zero-order chi connectivity index (χ0) is 18.0. The molecule has 3 aromatic carbocycles. The molecule has 0 unspecified atom stereocenters. The predicted molar refractivity (Wildman–Crippen MR) is 114 cm³/mol. The highest BCUT2D eigenvalue weighted by Gasteiger charge is 2.04. The van der Waals surface area contributed by atoms with Crippen molar-refractivity contribution in [2.45, 2.75) is 13.3 Å². The Bertz CT molecular complexity index is 883. The number of benzene rings is 3. The van der Waals surface area contributed by atoms with E-state index in [4.69, 9.17) is 0 Å². The molecule has 0 spiro atoms. The highest BCUT2D eigenvalue weighted by atomic mass is 14.1. The van der Waals surface area contributed by atoms with Crippen LogP contribution < -0.4 is 0 Å². The van der Waals surface area contributed by atoms with Gasteiger partial charge in [0.05, 0.1) is 0 Å². The SMILES string of the molecule is C1=CC(c2ccccc2)=CC(c2ccccc2)=CC1.Cc1ccccc1. The first-order valence-electron chi connectivity index (χ1n) is 9.04. The summed E-state index contributed by atoms with van der Waals surface area (Å²) in [5.41, 5.74) is 6.43. The lowest BCUT2D eigenvalue weighted by Crippen LogP contribution is -1.83. The summed E-state index contributed by atoms with van der Waals surface area (Å²) in [6, 6.07) is 31.4. The number of hydrogen-bond donors (Lipinski definition) is 0. The molecule has 0 radical (unpaired) electrons. The van der Waals surface area contributed by atoms with Crippen LogP contribution in [0.15, 0.2) is 115 Å². The van der Waals surface area contributed by atoms with Gasteiger partial charge >= 0.3 is 0 Å². The van der Waals surface area contributed by atoms with Crippen molar-refractivity contribution in [1.82, 2.24) is 0 Å². The highest BCUT2D eigenvalue weighted by Crippen LogP contribution is 2.26. The molecular weight excluding hydrogens is 312 g/mol. The number of hydrogen-bond acceptors (Lipinski definition) is 0. The first kappa shape index (κ1) is 17.7. The maximum Gasteiger partial charge on any atom is -0.0157 e. The zero-order valence-corrected chi connectivity index (χ0v) is 15.2. The molecule has 128 valence electrons. The third kappa shape index (κ3) is 5.19. The van der Waals surface area contributed by atoms with Gasteiger partial charge < -0.3 is 0 Å². The first-order chi connectivity index (χ1) is 12.8. The van der Waals surface area contributed by atoms with E-state index in [-0.39, 0.29) is 0 Å². The van der Waals surface area contributed by atoms with E-state index < -0.39 is 0 Å². The Morgan fingerprint density at radius 1 is 0.577 bits per heavy atom. The maximum atomic E-state index is 2.28. The maximum absolute atomic E-state index is 2.28. The molecule has 0 saturated heterocycles. The normalized spacial score (nSPS) is 13.0. The second kappa shape index (κ2) is 9.39. The van der Waals surface area contributed by atoms with Crippen LogP contribution in [-0.4, -0.2) is 0 Å². The molecule has 0 atom stereocenters. The van der Waals surface area contributed by atoms with E-state index in [1.54, 1.807) is 0 Å². The molecule has 0 aromatic heterocycles. The molecule has 4 rings (SSSR count). The van der Waals surface area contributed by atoms with E-state index in [0.29, 0.717) is 0 Å². The second-order valence-corrected chi connectivity index (χ2v) is 6.28. The van der Waals surface area contributed by atoms with Crippen LogP contribution in [0.1, 0.15) is 23.1 Å². The number of allylic oxidation sites excluding steroid dienone is 6. The lowest BCUT2D eigenvalue weighted by Gasteiger charge is -2.05. The average Bonchev–Trinajstić information content (AvgIpc) is 2.97. The fourth-order valence-corrected chi connectivity index (χ4v) is 2.84. The molecule has 1 aliphatic carbocycles. The summed E-state index contributed by atoms with van der Waals surface area (Å²) in [6.45, 7) is 2.08. The molecule has 0 nitrogen and oxygen atoms in total. The third-order valence-corrected chi connectivity index (χ3v) is 4.24. The van der Waals surface area contributed by atoms with Gasteiger partial charge in [-0.3, -0.25) is 0 Å². The monoisotopic (exact) mass is 336 g/mol. The summed E-state index contributed by atoms with van der Waals surface area (Å²) in [4.78, 5) is 0. The third-order valence-electron chi connectivity index (χ3n) is 4.24. The van der Waals surface area contributed by atoms with E-state index in [2.05, 4.69) is 104 Å². The van der Waals surface area contributed by atoms with Gasteiger partial charge in [-0.25, -0.2) is 0 Å². The Labute approximate surface area is 156 Å². The molecule has 1 aliphatic rings. The van der Waals surface area contributed by atoms with Crippen LogP contribution >= 0.6 is 0 Å². The molecule has 0 heterocycles. The van der Waals surface area contributed by atoms with Crippen molar-refractivity contribution in [1.29, 1.82) is 0 Å². The van der Waals surface area contributed by atoms with Gasteiger partial charge in [-0.2, -0.15) is 0 Å². The Morgan fingerprint density at radius 3 is 1.58 bits per heavy atom. The van der Waals surface area contributed by atoms with Gasteiger partial charge in [0.1, 0.15) is 0 Å². The number of rotatable bonds is 2. The van der Waals surface area contributed by atoms with Gasteiger partial charge in [-0.1, -0.05) is 115 Å². The molecule has 0 bridgehead atoms. The summed E-state index contributed by atoms with van der Waals surface area (Å²) in [6.07, 6.45) is 9.96. The number of aryl methyl sites for hydroxylation is 1. The van der Waals surface area contributed by atoms with E-state index in [1.165, 1.54) is 27.8 Å². The Balaban J connectivity index is 0.000000236. The quantitative estimate of drug-likeness (QED) is 0.468. The Kier molecular flexibility index (Phi) is 6.39. The van der Waals surface area contributed by atoms with E-state index in [1.807, 2.05) is 18.2 Å². The highest BCUT2D eigenvalue weighted by molar-refractivity contribution is 5.88. The van der Waals surface area contributed by atoms with Gasteiger partial charge in [-0.15, -0.1) is 0 Å². The van der Waals surface area contributed by atoms with Crippen LogP contribution in [0.2, 0.25) is 0 Å². The van der Waals surface area contributed by atoms with Crippen LogP contribution in [-0.2, 0) is 0 Å². The minimum atomic E-state index is 0.983. The molecule has 26 heavy (non-hydrogen) atoms. The summed E-state index contributed by atoms with van der Waals surface area (Å²) < 4.78 is 0. The second-order valence-electron chi connectivity index (χ2n) is 6.28. The van der Waals surface area contributed by atoms with Crippen molar-refractivity contribution in [3.63, 3.8) is 0 Å². The lowest BCUT2D eigenvalue weighted by atomic mass is 10.00. The Hall–Kier alpha value is -3.12. The van der Waals surface area contributed by atoms with Gasteiger partial charge in [0.2, 0.25) is 0 Å². The van der Waals surface area contributed by atoms with E-state index in [9.17, 15) is 0 Å². The van der Waals surface area contributed by atoms with Crippen molar-refractivity contribution in [2.24, 2.45) is 0 Å². The van der Waals surface area contributed by atoms with Gasteiger partial charge in [0, 0.05) is 0 Å². The molecule has 0 saturated carbocycles. The summed E-state index contributed by atoms with van der Waals surface area (Å²) in [5, 5.41) is 0. The largest absolute Gasteiger partial charge is 0.0801 e. The summed E-state index contributed by atoms with van der Waals surface area (Å²) in [7, 11) is 0. The van der Waals surface area contributed by atoms with Crippen LogP contribution in [0.25, 0.3) is 11.1 Å². The van der Waals surface area contributed by atoms with Crippen LogP contribution in [0, 0.1) is 6.92 Å².